The van der Waals surface area contributed by atoms with E-state index in [1.54, 1.807) is 0 Å². The minimum Gasteiger partial charge on any atom is -0.481 e. The van der Waals surface area contributed by atoms with Gasteiger partial charge < -0.3 is 10.0 Å². The van der Waals surface area contributed by atoms with Crippen molar-refractivity contribution in [3.63, 3.8) is 0 Å². The van der Waals surface area contributed by atoms with E-state index in [9.17, 15) is 4.79 Å². The summed E-state index contributed by atoms with van der Waals surface area (Å²) in [6.07, 6.45) is 32.5. The Hall–Kier alpha value is -0.830. The predicted octanol–water partition coefficient (Wildman–Crippen LogP) is 9.16. The molecule has 3 heteroatoms. The lowest BCUT2D eigenvalue weighted by molar-refractivity contribution is -0.137. The molecule has 0 fully saturated rings. The van der Waals surface area contributed by atoms with Crippen LogP contribution >= 0.6 is 0 Å². The van der Waals surface area contributed by atoms with Crippen molar-refractivity contribution in [3.8, 4) is 0 Å². The lowest BCUT2D eigenvalue weighted by Crippen LogP contribution is -2.27. The van der Waals surface area contributed by atoms with E-state index in [1.807, 2.05) is 0 Å². The largest absolute Gasteiger partial charge is 0.481 e. The number of carboxylic acids is 1. The fourth-order valence-corrected chi connectivity index (χ4v) is 4.47. The molecule has 0 spiro atoms. The molecule has 0 aliphatic heterocycles. The van der Waals surface area contributed by atoms with Crippen molar-refractivity contribution in [1.82, 2.24) is 4.90 Å². The standard InChI is InChI=1S/C29H57NO2/c1-4-5-6-7-19-22-25-28(30(2)3)26-23-20-17-15-13-11-9-8-10-12-14-16-18-21-24-27-29(31)32/h8,10,28H,4-7,9,11-27H2,1-3H3,(H,31,32). The molecular formula is C29H57NO2. The van der Waals surface area contributed by atoms with Crippen LogP contribution in [0.5, 0.6) is 0 Å². The van der Waals surface area contributed by atoms with E-state index in [4.69, 9.17) is 5.11 Å². The Kier molecular flexibility index (Phi) is 24.2. The second-order valence-electron chi connectivity index (χ2n) is 10.0. The van der Waals surface area contributed by atoms with Gasteiger partial charge in [0.15, 0.2) is 0 Å². The summed E-state index contributed by atoms with van der Waals surface area (Å²) < 4.78 is 0. The molecule has 1 atom stereocenters. The molecule has 0 heterocycles. The molecular weight excluding hydrogens is 394 g/mol. The zero-order chi connectivity index (χ0) is 23.7. The summed E-state index contributed by atoms with van der Waals surface area (Å²) >= 11 is 0. The van der Waals surface area contributed by atoms with Crippen LogP contribution in [0.2, 0.25) is 0 Å². The number of nitrogens with zero attached hydrogens (tertiary/aromatic N) is 1. The summed E-state index contributed by atoms with van der Waals surface area (Å²) in [5.41, 5.74) is 0. The average Bonchev–Trinajstić information content (AvgIpc) is 2.76. The average molecular weight is 452 g/mol. The van der Waals surface area contributed by atoms with Gasteiger partial charge in [-0.15, -0.1) is 0 Å². The molecule has 1 N–H and O–H groups in total. The summed E-state index contributed by atoms with van der Waals surface area (Å²) in [5.74, 6) is -0.662. The smallest absolute Gasteiger partial charge is 0.303 e. The van der Waals surface area contributed by atoms with Crippen LogP contribution in [0.1, 0.15) is 148 Å². The van der Waals surface area contributed by atoms with Gasteiger partial charge in [-0.05, 0) is 59.0 Å². The van der Waals surface area contributed by atoms with Gasteiger partial charge in [0.05, 0.1) is 0 Å². The van der Waals surface area contributed by atoms with Crippen LogP contribution in [-0.4, -0.2) is 36.1 Å². The lowest BCUT2D eigenvalue weighted by atomic mass is 9.99. The molecule has 190 valence electrons. The molecule has 0 bridgehead atoms. The van der Waals surface area contributed by atoms with E-state index in [0.29, 0.717) is 6.42 Å². The van der Waals surface area contributed by atoms with E-state index in [2.05, 4.69) is 38.1 Å². The second kappa shape index (κ2) is 24.8. The Balaban J connectivity index is 3.41. The quantitative estimate of drug-likeness (QED) is 0.111. The van der Waals surface area contributed by atoms with Gasteiger partial charge in [0.2, 0.25) is 0 Å². The fourth-order valence-electron chi connectivity index (χ4n) is 4.47. The van der Waals surface area contributed by atoms with E-state index in [-0.39, 0.29) is 0 Å². The van der Waals surface area contributed by atoms with Gasteiger partial charge in [-0.3, -0.25) is 4.79 Å². The van der Waals surface area contributed by atoms with Crippen LogP contribution in [0.4, 0.5) is 0 Å². The third-order valence-electron chi connectivity index (χ3n) is 6.71. The number of unbranched alkanes of at least 4 members (excludes halogenated alkanes) is 16. The van der Waals surface area contributed by atoms with Crippen LogP contribution in [-0.2, 0) is 4.79 Å². The van der Waals surface area contributed by atoms with Crippen LogP contribution in [0.3, 0.4) is 0 Å². The number of aliphatic carboxylic acids is 1. The number of carboxylic acid groups (broad SMARTS) is 1. The number of carbonyl (C=O) groups is 1. The Morgan fingerprint density at radius 3 is 1.50 bits per heavy atom. The number of hydrogen-bond acceptors (Lipinski definition) is 2. The zero-order valence-corrected chi connectivity index (χ0v) is 22.1. The Morgan fingerprint density at radius 1 is 0.656 bits per heavy atom. The van der Waals surface area contributed by atoms with Gasteiger partial charge in [0, 0.05) is 12.5 Å². The summed E-state index contributed by atoms with van der Waals surface area (Å²) in [7, 11) is 4.52. The first-order valence-corrected chi connectivity index (χ1v) is 14.1. The van der Waals surface area contributed by atoms with Crippen molar-refractivity contribution < 1.29 is 9.90 Å². The molecule has 32 heavy (non-hydrogen) atoms. The number of hydrogen-bond donors (Lipinski definition) is 1. The molecule has 1 unspecified atom stereocenters. The molecule has 0 aliphatic carbocycles. The highest BCUT2D eigenvalue weighted by atomic mass is 16.4. The highest BCUT2D eigenvalue weighted by Gasteiger charge is 2.10. The van der Waals surface area contributed by atoms with E-state index in [1.165, 1.54) is 122 Å². The van der Waals surface area contributed by atoms with Gasteiger partial charge in [-0.2, -0.15) is 0 Å². The summed E-state index contributed by atoms with van der Waals surface area (Å²) in [6, 6.07) is 0.788. The van der Waals surface area contributed by atoms with Crippen LogP contribution < -0.4 is 0 Å². The molecule has 3 nitrogen and oxygen atoms in total. The minimum absolute atomic E-state index is 0.329. The van der Waals surface area contributed by atoms with Gasteiger partial charge in [-0.25, -0.2) is 0 Å². The van der Waals surface area contributed by atoms with E-state index >= 15 is 0 Å². The van der Waals surface area contributed by atoms with Crippen LogP contribution in [0.25, 0.3) is 0 Å². The van der Waals surface area contributed by atoms with Gasteiger partial charge in [0.1, 0.15) is 0 Å². The lowest BCUT2D eigenvalue weighted by Gasteiger charge is -2.24. The zero-order valence-electron chi connectivity index (χ0n) is 22.1. The first-order chi connectivity index (χ1) is 15.6. The number of allylic oxidation sites excluding steroid dienone is 2. The Bertz CT molecular complexity index is 419. The maximum absolute atomic E-state index is 10.4. The summed E-state index contributed by atoms with van der Waals surface area (Å²) in [5, 5.41) is 8.61. The molecule has 0 amide bonds. The molecule has 0 aliphatic rings. The third-order valence-corrected chi connectivity index (χ3v) is 6.71. The normalized spacial score (nSPS) is 12.8. The van der Waals surface area contributed by atoms with Crippen LogP contribution in [0, 0.1) is 0 Å². The highest BCUT2D eigenvalue weighted by molar-refractivity contribution is 5.66. The monoisotopic (exact) mass is 451 g/mol. The fraction of sp³-hybridized carbons (Fsp3) is 0.897. The molecule has 0 aromatic heterocycles. The number of rotatable bonds is 25. The molecule has 0 aromatic carbocycles. The summed E-state index contributed by atoms with van der Waals surface area (Å²) in [4.78, 5) is 12.9. The predicted molar refractivity (Wildman–Crippen MR) is 141 cm³/mol. The van der Waals surface area contributed by atoms with E-state index in [0.717, 1.165) is 18.9 Å². The van der Waals surface area contributed by atoms with Crippen LogP contribution in [0.15, 0.2) is 12.2 Å². The second-order valence-corrected chi connectivity index (χ2v) is 10.0. The first-order valence-electron chi connectivity index (χ1n) is 14.1. The van der Waals surface area contributed by atoms with Crippen molar-refractivity contribution in [2.45, 2.75) is 154 Å². The molecule has 0 aromatic rings. The van der Waals surface area contributed by atoms with Crippen molar-refractivity contribution >= 4 is 5.97 Å². The van der Waals surface area contributed by atoms with E-state index < -0.39 is 5.97 Å². The SMILES string of the molecule is CCCCCCCCC(CCCCCCCCC=CCCCCCCCC(=O)O)N(C)C. The first kappa shape index (κ1) is 31.2. The maximum Gasteiger partial charge on any atom is 0.303 e. The van der Waals surface area contributed by atoms with Gasteiger partial charge in [0.25, 0.3) is 0 Å². The highest BCUT2D eigenvalue weighted by Crippen LogP contribution is 2.17. The molecule has 0 saturated carbocycles. The van der Waals surface area contributed by atoms with Gasteiger partial charge in [-0.1, -0.05) is 109 Å². The van der Waals surface area contributed by atoms with Gasteiger partial charge >= 0.3 is 5.97 Å². The third kappa shape index (κ3) is 23.8. The Morgan fingerprint density at radius 2 is 1.06 bits per heavy atom. The molecule has 0 radical (unpaired) electrons. The molecule has 0 saturated heterocycles. The topological polar surface area (TPSA) is 40.5 Å². The van der Waals surface area contributed by atoms with Crippen molar-refractivity contribution in [2.75, 3.05) is 14.1 Å². The van der Waals surface area contributed by atoms with Crippen molar-refractivity contribution in [1.29, 1.82) is 0 Å². The molecule has 0 rings (SSSR count). The summed E-state index contributed by atoms with van der Waals surface area (Å²) in [6.45, 7) is 2.29. The van der Waals surface area contributed by atoms with Crippen molar-refractivity contribution in [3.05, 3.63) is 12.2 Å². The van der Waals surface area contributed by atoms with Crippen molar-refractivity contribution in [2.24, 2.45) is 0 Å². The maximum atomic E-state index is 10.4. The Labute approximate surface area is 201 Å². The minimum atomic E-state index is -0.662.